The van der Waals surface area contributed by atoms with E-state index >= 15 is 0 Å². The molecule has 4 nitrogen and oxygen atoms in total. The Hall–Kier alpha value is -0.810. The molecule has 0 saturated carbocycles. The van der Waals surface area contributed by atoms with Crippen LogP contribution in [0.1, 0.15) is 23.7 Å². The molecule has 2 N–H and O–H groups in total. The van der Waals surface area contributed by atoms with Gasteiger partial charge in [-0.25, -0.2) is 0 Å². The molecule has 1 fully saturated rings. The molecule has 1 saturated heterocycles. The van der Waals surface area contributed by atoms with Gasteiger partial charge in [-0.2, -0.15) is 0 Å². The van der Waals surface area contributed by atoms with E-state index < -0.39 is 0 Å². The maximum absolute atomic E-state index is 12.1. The van der Waals surface area contributed by atoms with Gasteiger partial charge in [-0.15, -0.1) is 0 Å². The molecule has 1 aromatic heterocycles. The maximum Gasteiger partial charge on any atom is 0.257 e. The summed E-state index contributed by atoms with van der Waals surface area (Å²) >= 11 is 3.19. The molecule has 2 heterocycles. The minimum absolute atomic E-state index is 0.0200. The lowest BCUT2D eigenvalue weighted by molar-refractivity contribution is 0.0776. The lowest BCUT2D eigenvalue weighted by Gasteiger charge is -2.22. The predicted octanol–water partition coefficient (Wildman–Crippen LogP) is 1.85. The summed E-state index contributed by atoms with van der Waals surface area (Å²) in [5.41, 5.74) is 6.37. The van der Waals surface area contributed by atoms with Crippen LogP contribution in [0.15, 0.2) is 21.4 Å². The Morgan fingerprint density at radius 2 is 2.50 bits per heavy atom. The van der Waals surface area contributed by atoms with Gasteiger partial charge in [0.15, 0.2) is 4.67 Å². The first-order chi connectivity index (χ1) is 7.54. The summed E-state index contributed by atoms with van der Waals surface area (Å²) in [5, 5.41) is 0. The molecule has 0 spiro atoms. The second-order valence-electron chi connectivity index (χ2n) is 4.63. The van der Waals surface area contributed by atoms with Crippen molar-refractivity contribution >= 4 is 21.8 Å². The van der Waals surface area contributed by atoms with Gasteiger partial charge in [-0.1, -0.05) is 6.92 Å². The van der Waals surface area contributed by atoms with Crippen molar-refractivity contribution in [3.05, 3.63) is 22.6 Å². The van der Waals surface area contributed by atoms with Gasteiger partial charge in [0.25, 0.3) is 5.91 Å². The Bertz CT molecular complexity index is 404. The minimum Gasteiger partial charge on any atom is -0.457 e. The average Bonchev–Trinajstić information content (AvgIpc) is 2.85. The molecule has 1 aliphatic heterocycles. The molecule has 1 aromatic rings. The fourth-order valence-corrected chi connectivity index (χ4v) is 2.31. The molecule has 5 heteroatoms. The number of rotatable bonds is 2. The highest BCUT2D eigenvalue weighted by Crippen LogP contribution is 2.29. The van der Waals surface area contributed by atoms with Gasteiger partial charge in [0.1, 0.15) is 6.26 Å². The molecule has 1 aliphatic rings. The number of nitrogens with two attached hydrogens (primary N) is 1. The maximum atomic E-state index is 12.1. The first-order valence-corrected chi connectivity index (χ1v) is 6.07. The summed E-state index contributed by atoms with van der Waals surface area (Å²) in [5.74, 6) is 0.0200. The van der Waals surface area contributed by atoms with Crippen LogP contribution in [0.2, 0.25) is 0 Å². The summed E-state index contributed by atoms with van der Waals surface area (Å²) in [4.78, 5) is 13.9. The summed E-state index contributed by atoms with van der Waals surface area (Å²) in [6, 6.07) is 1.69. The van der Waals surface area contributed by atoms with Crippen molar-refractivity contribution in [1.29, 1.82) is 0 Å². The molecule has 2 rings (SSSR count). The van der Waals surface area contributed by atoms with Gasteiger partial charge >= 0.3 is 0 Å². The number of hydrogen-bond donors (Lipinski definition) is 1. The van der Waals surface area contributed by atoms with E-state index in [1.807, 2.05) is 4.90 Å². The normalized spacial score (nSPS) is 25.1. The highest BCUT2D eigenvalue weighted by atomic mass is 79.9. The first kappa shape index (κ1) is 11.7. The second kappa shape index (κ2) is 4.22. The number of carbonyl (C=O) groups excluding carboxylic acids is 1. The molecule has 16 heavy (non-hydrogen) atoms. The fourth-order valence-electron chi connectivity index (χ4n) is 1.97. The molecule has 88 valence electrons. The molecule has 0 aromatic carbocycles. The number of amides is 1. The minimum atomic E-state index is 0.0200. The van der Waals surface area contributed by atoms with Crippen molar-refractivity contribution in [2.75, 3.05) is 19.6 Å². The Kier molecular flexibility index (Phi) is 3.08. The van der Waals surface area contributed by atoms with Crippen LogP contribution in [-0.4, -0.2) is 30.4 Å². The van der Waals surface area contributed by atoms with Gasteiger partial charge in [-0.05, 0) is 34.3 Å². The van der Waals surface area contributed by atoms with Crippen LogP contribution in [-0.2, 0) is 0 Å². The van der Waals surface area contributed by atoms with Gasteiger partial charge in [0.2, 0.25) is 0 Å². The molecular weight excluding hydrogens is 272 g/mol. The highest BCUT2D eigenvalue weighted by molar-refractivity contribution is 9.10. The Balaban J connectivity index is 2.08. The highest BCUT2D eigenvalue weighted by Gasteiger charge is 2.35. The molecule has 0 bridgehead atoms. The van der Waals surface area contributed by atoms with Crippen LogP contribution in [0.25, 0.3) is 0 Å². The van der Waals surface area contributed by atoms with E-state index in [4.69, 9.17) is 10.2 Å². The summed E-state index contributed by atoms with van der Waals surface area (Å²) in [6.45, 7) is 4.23. The first-order valence-electron chi connectivity index (χ1n) is 5.27. The van der Waals surface area contributed by atoms with E-state index in [0.29, 0.717) is 16.8 Å². The van der Waals surface area contributed by atoms with Gasteiger partial charge < -0.3 is 15.1 Å². The molecule has 0 aliphatic carbocycles. The number of nitrogens with zero attached hydrogens (tertiary/aromatic N) is 1. The third-order valence-corrected chi connectivity index (χ3v) is 3.57. The monoisotopic (exact) mass is 286 g/mol. The van der Waals surface area contributed by atoms with Crippen molar-refractivity contribution in [1.82, 2.24) is 4.90 Å². The van der Waals surface area contributed by atoms with Crippen LogP contribution >= 0.6 is 15.9 Å². The largest absolute Gasteiger partial charge is 0.457 e. The zero-order valence-corrected chi connectivity index (χ0v) is 10.8. The number of carbonyl (C=O) groups is 1. The van der Waals surface area contributed by atoms with Crippen molar-refractivity contribution < 1.29 is 9.21 Å². The third kappa shape index (κ3) is 2.15. The Morgan fingerprint density at radius 1 is 1.75 bits per heavy atom. The molecule has 0 radical (unpaired) electrons. The molecule has 1 unspecified atom stereocenters. The molecule has 1 amide bonds. The van der Waals surface area contributed by atoms with Crippen LogP contribution in [0, 0.1) is 5.41 Å². The van der Waals surface area contributed by atoms with E-state index in [1.165, 1.54) is 6.26 Å². The van der Waals surface area contributed by atoms with Crippen LogP contribution in [0.5, 0.6) is 0 Å². The SMILES string of the molecule is CC1(CN)CCN(C(=O)c2coc(Br)c2)C1. The van der Waals surface area contributed by atoms with Crippen LogP contribution in [0.3, 0.4) is 0 Å². The van der Waals surface area contributed by atoms with E-state index in [9.17, 15) is 4.79 Å². The standard InChI is InChI=1S/C11H15BrN2O2/c1-11(6-13)2-3-14(7-11)10(15)8-4-9(12)16-5-8/h4-5H,2-3,6-7,13H2,1H3. The van der Waals surface area contributed by atoms with Gasteiger partial charge in [-0.3, -0.25) is 4.79 Å². The predicted molar refractivity (Wildman–Crippen MR) is 64.1 cm³/mol. The van der Waals surface area contributed by atoms with Crippen LogP contribution in [0.4, 0.5) is 0 Å². The zero-order chi connectivity index (χ0) is 11.8. The lowest BCUT2D eigenvalue weighted by Crippen LogP contribution is -2.34. The van der Waals surface area contributed by atoms with Gasteiger partial charge in [0.05, 0.1) is 5.56 Å². The topological polar surface area (TPSA) is 59.5 Å². The number of halogens is 1. The van der Waals surface area contributed by atoms with Gasteiger partial charge in [0, 0.05) is 19.2 Å². The van der Waals surface area contributed by atoms with E-state index in [2.05, 4.69) is 22.9 Å². The van der Waals surface area contributed by atoms with Crippen molar-refractivity contribution in [2.45, 2.75) is 13.3 Å². The van der Waals surface area contributed by atoms with Crippen LogP contribution < -0.4 is 5.73 Å². The number of furan rings is 1. The fraction of sp³-hybridized carbons (Fsp3) is 0.545. The molecular formula is C11H15BrN2O2. The summed E-state index contributed by atoms with van der Waals surface area (Å²) < 4.78 is 5.65. The third-order valence-electron chi connectivity index (χ3n) is 3.15. The smallest absolute Gasteiger partial charge is 0.257 e. The van der Waals surface area contributed by atoms with E-state index in [0.717, 1.165) is 19.5 Å². The summed E-state index contributed by atoms with van der Waals surface area (Å²) in [7, 11) is 0. The Labute approximate surface area is 103 Å². The Morgan fingerprint density at radius 3 is 3.00 bits per heavy atom. The van der Waals surface area contributed by atoms with Crippen molar-refractivity contribution in [3.63, 3.8) is 0 Å². The number of likely N-dealkylation sites (tertiary alicyclic amines) is 1. The van der Waals surface area contributed by atoms with E-state index in [1.54, 1.807) is 6.07 Å². The quantitative estimate of drug-likeness (QED) is 0.903. The lowest BCUT2D eigenvalue weighted by atomic mass is 9.90. The van der Waals surface area contributed by atoms with Crippen molar-refractivity contribution in [2.24, 2.45) is 11.1 Å². The molecule has 1 atom stereocenters. The second-order valence-corrected chi connectivity index (χ2v) is 5.41. The zero-order valence-electron chi connectivity index (χ0n) is 9.20. The van der Waals surface area contributed by atoms with Crippen molar-refractivity contribution in [3.8, 4) is 0 Å². The van der Waals surface area contributed by atoms with E-state index in [-0.39, 0.29) is 11.3 Å². The number of hydrogen-bond acceptors (Lipinski definition) is 3. The summed E-state index contributed by atoms with van der Waals surface area (Å²) in [6.07, 6.45) is 2.44. The average molecular weight is 287 g/mol.